The van der Waals surface area contributed by atoms with Crippen LogP contribution in [0.5, 0.6) is 0 Å². The Labute approximate surface area is 82.1 Å². The van der Waals surface area contributed by atoms with Crippen LogP contribution in [0.1, 0.15) is 18.9 Å². The van der Waals surface area contributed by atoms with E-state index in [-0.39, 0.29) is 0 Å². The van der Waals surface area contributed by atoms with Crippen molar-refractivity contribution in [2.45, 2.75) is 18.9 Å². The quantitative estimate of drug-likeness (QED) is 0.739. The Morgan fingerprint density at radius 2 is 2.31 bits per heavy atom. The fraction of sp³-hybridized carbons (Fsp3) is 0.667. The van der Waals surface area contributed by atoms with Crippen LogP contribution >= 0.6 is 11.6 Å². The summed E-state index contributed by atoms with van der Waals surface area (Å²) in [6.07, 6.45) is 6.33. The summed E-state index contributed by atoms with van der Waals surface area (Å²) in [5.41, 5.74) is 0.626. The minimum atomic E-state index is 0.604. The number of hydrogen-bond acceptors (Lipinski definition) is 2. The first-order valence-corrected chi connectivity index (χ1v) is 5.05. The van der Waals surface area contributed by atoms with Gasteiger partial charge in [0.1, 0.15) is 5.15 Å². The molecule has 0 bridgehead atoms. The zero-order valence-electron chi connectivity index (χ0n) is 7.33. The number of halogens is 1. The van der Waals surface area contributed by atoms with Gasteiger partial charge in [-0.25, -0.2) is 4.98 Å². The van der Waals surface area contributed by atoms with Crippen LogP contribution in [0, 0.1) is 5.41 Å². The molecule has 1 saturated carbocycles. The van der Waals surface area contributed by atoms with E-state index < -0.39 is 0 Å². The third-order valence-electron chi connectivity index (χ3n) is 3.33. The third-order valence-corrected chi connectivity index (χ3v) is 3.52. The van der Waals surface area contributed by atoms with Gasteiger partial charge in [0.15, 0.2) is 0 Å². The molecule has 2 heterocycles. The number of nitrogens with one attached hydrogen (secondary N) is 1. The molecule has 1 aromatic heterocycles. The maximum Gasteiger partial charge on any atom is 0.146 e. The highest BCUT2D eigenvalue weighted by Crippen LogP contribution is 2.50. The van der Waals surface area contributed by atoms with Gasteiger partial charge in [0, 0.05) is 25.3 Å². The lowest BCUT2D eigenvalue weighted by molar-refractivity contribution is 0.00751. The number of nitrogens with zero attached hydrogens (tertiary/aromatic N) is 2. The number of rotatable bonds is 1. The van der Waals surface area contributed by atoms with E-state index in [0.29, 0.717) is 16.6 Å². The molecule has 2 aliphatic rings. The lowest BCUT2D eigenvalue weighted by Crippen LogP contribution is -2.60. The molecule has 3 rings (SSSR count). The average Bonchev–Trinajstić information content (AvgIpc) is 2.29. The first-order chi connectivity index (χ1) is 6.27. The van der Waals surface area contributed by atoms with Gasteiger partial charge in [0.2, 0.25) is 0 Å². The first kappa shape index (κ1) is 7.83. The van der Waals surface area contributed by atoms with Crippen molar-refractivity contribution in [1.82, 2.24) is 14.9 Å². The summed E-state index contributed by atoms with van der Waals surface area (Å²) < 4.78 is 2.14. The van der Waals surface area contributed by atoms with Crippen molar-refractivity contribution in [3.63, 3.8) is 0 Å². The second-order valence-electron chi connectivity index (χ2n) is 4.31. The van der Waals surface area contributed by atoms with Crippen LogP contribution in [0.15, 0.2) is 12.5 Å². The Kier molecular flexibility index (Phi) is 1.50. The highest BCUT2D eigenvalue weighted by molar-refractivity contribution is 6.29. The molecule has 0 atom stereocenters. The van der Waals surface area contributed by atoms with E-state index in [9.17, 15) is 0 Å². The molecule has 70 valence electrons. The van der Waals surface area contributed by atoms with Gasteiger partial charge in [-0.05, 0) is 18.3 Å². The molecule has 1 N–H and O–H groups in total. The Balaban J connectivity index is 1.70. The number of imidazole rings is 1. The minimum Gasteiger partial charge on any atom is -0.333 e. The molecular weight excluding hydrogens is 186 g/mol. The second-order valence-corrected chi connectivity index (χ2v) is 4.70. The zero-order chi connectivity index (χ0) is 8.89. The summed E-state index contributed by atoms with van der Waals surface area (Å²) in [6.45, 7) is 2.40. The van der Waals surface area contributed by atoms with Crippen molar-refractivity contribution in [1.29, 1.82) is 0 Å². The molecular formula is C9H12ClN3. The van der Waals surface area contributed by atoms with Crippen LogP contribution in [0.4, 0.5) is 0 Å². The smallest absolute Gasteiger partial charge is 0.146 e. The largest absolute Gasteiger partial charge is 0.333 e. The maximum absolute atomic E-state index is 5.76. The summed E-state index contributed by atoms with van der Waals surface area (Å²) >= 11 is 5.76. The average molecular weight is 198 g/mol. The third kappa shape index (κ3) is 1.11. The van der Waals surface area contributed by atoms with Gasteiger partial charge in [-0.1, -0.05) is 11.6 Å². The predicted octanol–water partition coefficient (Wildman–Crippen LogP) is 1.46. The van der Waals surface area contributed by atoms with Crippen molar-refractivity contribution in [3.05, 3.63) is 17.7 Å². The van der Waals surface area contributed by atoms with Crippen LogP contribution in [0.3, 0.4) is 0 Å². The van der Waals surface area contributed by atoms with Crippen molar-refractivity contribution in [2.24, 2.45) is 5.41 Å². The molecule has 0 radical (unpaired) electrons. The molecule has 13 heavy (non-hydrogen) atoms. The summed E-state index contributed by atoms with van der Waals surface area (Å²) in [5.74, 6) is 0. The van der Waals surface area contributed by atoms with Gasteiger partial charge >= 0.3 is 0 Å². The molecule has 1 aliphatic carbocycles. The molecule has 1 saturated heterocycles. The molecule has 3 nitrogen and oxygen atoms in total. The molecule has 4 heteroatoms. The van der Waals surface area contributed by atoms with Crippen molar-refractivity contribution >= 4 is 11.6 Å². The Hall–Kier alpha value is -0.540. The highest BCUT2D eigenvalue weighted by atomic mass is 35.5. The summed E-state index contributed by atoms with van der Waals surface area (Å²) in [5, 5.41) is 3.93. The molecule has 0 amide bonds. The topological polar surface area (TPSA) is 29.9 Å². The monoisotopic (exact) mass is 197 g/mol. The number of aromatic nitrogens is 2. The molecule has 1 spiro atoms. The van der Waals surface area contributed by atoms with Crippen LogP contribution in [-0.4, -0.2) is 22.6 Å². The van der Waals surface area contributed by atoms with Crippen LogP contribution in [0.2, 0.25) is 5.15 Å². The van der Waals surface area contributed by atoms with Gasteiger partial charge in [0.05, 0.1) is 6.33 Å². The van der Waals surface area contributed by atoms with E-state index in [0.717, 1.165) is 0 Å². The van der Waals surface area contributed by atoms with Gasteiger partial charge < -0.3 is 9.88 Å². The lowest BCUT2D eigenvalue weighted by atomic mass is 9.61. The first-order valence-electron chi connectivity index (χ1n) is 4.67. The van der Waals surface area contributed by atoms with E-state index in [2.05, 4.69) is 14.9 Å². The molecule has 1 aromatic rings. The SMILES string of the molecule is Clc1cn(C2CC3(CNC3)C2)cn1. The van der Waals surface area contributed by atoms with Crippen LogP contribution < -0.4 is 5.32 Å². The van der Waals surface area contributed by atoms with Crippen molar-refractivity contribution in [3.8, 4) is 0 Å². The molecule has 2 fully saturated rings. The van der Waals surface area contributed by atoms with Gasteiger partial charge in [-0.2, -0.15) is 0 Å². The van der Waals surface area contributed by atoms with Gasteiger partial charge in [-0.15, -0.1) is 0 Å². The van der Waals surface area contributed by atoms with E-state index in [1.54, 1.807) is 0 Å². The number of hydrogen-bond donors (Lipinski definition) is 1. The Bertz CT molecular complexity index is 321. The Morgan fingerprint density at radius 3 is 2.77 bits per heavy atom. The van der Waals surface area contributed by atoms with Gasteiger partial charge in [0.25, 0.3) is 0 Å². The molecule has 1 aliphatic heterocycles. The molecule has 0 aromatic carbocycles. The maximum atomic E-state index is 5.76. The van der Waals surface area contributed by atoms with E-state index >= 15 is 0 Å². The van der Waals surface area contributed by atoms with Crippen LogP contribution in [0.25, 0.3) is 0 Å². The Morgan fingerprint density at radius 1 is 1.54 bits per heavy atom. The zero-order valence-corrected chi connectivity index (χ0v) is 8.09. The normalized spacial score (nSPS) is 25.6. The van der Waals surface area contributed by atoms with E-state index in [4.69, 9.17) is 11.6 Å². The van der Waals surface area contributed by atoms with Crippen LogP contribution in [-0.2, 0) is 0 Å². The lowest BCUT2D eigenvalue weighted by Gasteiger charge is -2.54. The van der Waals surface area contributed by atoms with E-state index in [1.807, 2.05) is 12.5 Å². The van der Waals surface area contributed by atoms with Crippen molar-refractivity contribution < 1.29 is 0 Å². The highest BCUT2D eigenvalue weighted by Gasteiger charge is 2.48. The summed E-state index contributed by atoms with van der Waals surface area (Å²) in [6, 6.07) is 0.641. The standard InChI is InChI=1S/C9H12ClN3/c10-8-3-13(6-12-8)7-1-9(2-7)4-11-5-9/h3,6-7,11H,1-2,4-5H2. The summed E-state index contributed by atoms with van der Waals surface area (Å²) in [7, 11) is 0. The fourth-order valence-corrected chi connectivity index (χ4v) is 2.59. The molecule has 0 unspecified atom stereocenters. The minimum absolute atomic E-state index is 0.604. The van der Waals surface area contributed by atoms with E-state index in [1.165, 1.54) is 25.9 Å². The van der Waals surface area contributed by atoms with Gasteiger partial charge in [-0.3, -0.25) is 0 Å². The predicted molar refractivity (Wildman–Crippen MR) is 50.8 cm³/mol. The summed E-state index contributed by atoms with van der Waals surface area (Å²) in [4.78, 5) is 4.02. The second kappa shape index (κ2) is 2.49. The fourth-order valence-electron chi connectivity index (χ4n) is 2.43. The van der Waals surface area contributed by atoms with Crippen molar-refractivity contribution in [2.75, 3.05) is 13.1 Å².